The van der Waals surface area contributed by atoms with E-state index in [0.717, 1.165) is 18.0 Å². The number of aromatic carboxylic acids is 1. The number of carboxylic acid groups (broad SMARTS) is 1. The summed E-state index contributed by atoms with van der Waals surface area (Å²) >= 11 is 1.39. The molecule has 1 atom stereocenters. The molecule has 0 amide bonds. The van der Waals surface area contributed by atoms with Crippen LogP contribution in [0.4, 0.5) is 0 Å². The van der Waals surface area contributed by atoms with E-state index in [2.05, 4.69) is 29.4 Å². The number of rotatable bonds is 6. The van der Waals surface area contributed by atoms with Gasteiger partial charge in [-0.2, -0.15) is 0 Å². The predicted octanol–water partition coefficient (Wildman–Crippen LogP) is 2.73. The van der Waals surface area contributed by atoms with Crippen molar-refractivity contribution in [1.82, 2.24) is 10.3 Å². The number of aromatic nitrogens is 1. The summed E-state index contributed by atoms with van der Waals surface area (Å²) in [6.07, 6.45) is 0.745. The first-order valence-electron chi connectivity index (χ1n) is 6.13. The van der Waals surface area contributed by atoms with Crippen LogP contribution in [0.25, 0.3) is 0 Å². The first kappa shape index (κ1) is 13.7. The lowest BCUT2D eigenvalue weighted by molar-refractivity contribution is 0.0691. The Morgan fingerprint density at radius 2 is 2.16 bits per heavy atom. The highest BCUT2D eigenvalue weighted by Gasteiger charge is 2.09. The molecule has 0 saturated carbocycles. The molecule has 4 nitrogen and oxygen atoms in total. The SMILES string of the molecule is CC(NCCc1nc(C(=O)O)cs1)c1ccccc1. The zero-order valence-electron chi connectivity index (χ0n) is 10.7. The number of carbonyl (C=O) groups is 1. The number of benzene rings is 1. The van der Waals surface area contributed by atoms with Gasteiger partial charge < -0.3 is 10.4 Å². The third-order valence-corrected chi connectivity index (χ3v) is 3.77. The second-order valence-electron chi connectivity index (χ2n) is 4.27. The Kier molecular flexibility index (Phi) is 4.65. The molecule has 0 aliphatic carbocycles. The number of carboxylic acids is 1. The highest BCUT2D eigenvalue weighted by Crippen LogP contribution is 2.13. The normalized spacial score (nSPS) is 12.3. The van der Waals surface area contributed by atoms with Crippen molar-refractivity contribution >= 4 is 17.3 Å². The fourth-order valence-electron chi connectivity index (χ4n) is 1.78. The molecule has 0 aliphatic rings. The van der Waals surface area contributed by atoms with E-state index in [1.807, 2.05) is 18.2 Å². The van der Waals surface area contributed by atoms with Gasteiger partial charge in [0, 0.05) is 24.4 Å². The van der Waals surface area contributed by atoms with E-state index in [4.69, 9.17) is 5.11 Å². The lowest BCUT2D eigenvalue weighted by atomic mass is 10.1. The topological polar surface area (TPSA) is 62.2 Å². The molecule has 0 radical (unpaired) electrons. The van der Waals surface area contributed by atoms with E-state index in [1.54, 1.807) is 5.38 Å². The number of thiazole rings is 1. The molecular weight excluding hydrogens is 260 g/mol. The minimum Gasteiger partial charge on any atom is -0.476 e. The minimum absolute atomic E-state index is 0.135. The average molecular weight is 276 g/mol. The Morgan fingerprint density at radius 1 is 1.42 bits per heavy atom. The van der Waals surface area contributed by atoms with Crippen LogP contribution in [0.2, 0.25) is 0 Å². The first-order chi connectivity index (χ1) is 9.16. The van der Waals surface area contributed by atoms with Crippen molar-refractivity contribution < 1.29 is 9.90 Å². The fraction of sp³-hybridized carbons (Fsp3) is 0.286. The molecular formula is C14H16N2O2S. The standard InChI is InChI=1S/C14H16N2O2S/c1-10(11-5-3-2-4-6-11)15-8-7-13-16-12(9-19-13)14(17)18/h2-6,9-10,15H,7-8H2,1H3,(H,17,18). The summed E-state index contributed by atoms with van der Waals surface area (Å²) in [6.45, 7) is 2.89. The molecule has 1 aromatic heterocycles. The number of nitrogens with one attached hydrogen (secondary N) is 1. The van der Waals surface area contributed by atoms with E-state index >= 15 is 0 Å². The second-order valence-corrected chi connectivity index (χ2v) is 5.21. The zero-order valence-corrected chi connectivity index (χ0v) is 11.5. The van der Waals surface area contributed by atoms with Gasteiger partial charge in [-0.05, 0) is 12.5 Å². The average Bonchev–Trinajstić information content (AvgIpc) is 2.89. The lowest BCUT2D eigenvalue weighted by Gasteiger charge is -2.13. The molecule has 100 valence electrons. The second kappa shape index (κ2) is 6.45. The van der Waals surface area contributed by atoms with E-state index < -0.39 is 5.97 Å². The smallest absolute Gasteiger partial charge is 0.355 e. The zero-order chi connectivity index (χ0) is 13.7. The summed E-state index contributed by atoms with van der Waals surface area (Å²) in [5, 5.41) is 14.6. The van der Waals surface area contributed by atoms with Crippen LogP contribution < -0.4 is 5.32 Å². The molecule has 2 rings (SSSR count). The summed E-state index contributed by atoms with van der Waals surface area (Å²) in [5.41, 5.74) is 1.38. The molecule has 1 aromatic carbocycles. The summed E-state index contributed by atoms with van der Waals surface area (Å²) in [6, 6.07) is 10.5. The summed E-state index contributed by atoms with van der Waals surface area (Å²) in [5.74, 6) is -0.965. The Hall–Kier alpha value is -1.72. The minimum atomic E-state index is -0.965. The predicted molar refractivity (Wildman–Crippen MR) is 75.6 cm³/mol. The molecule has 0 saturated heterocycles. The number of nitrogens with zero attached hydrogens (tertiary/aromatic N) is 1. The van der Waals surface area contributed by atoms with Gasteiger partial charge in [0.05, 0.1) is 5.01 Å². The van der Waals surface area contributed by atoms with E-state index in [-0.39, 0.29) is 11.7 Å². The van der Waals surface area contributed by atoms with Crippen LogP contribution >= 0.6 is 11.3 Å². The molecule has 1 unspecified atom stereocenters. The van der Waals surface area contributed by atoms with Crippen LogP contribution in [0.15, 0.2) is 35.7 Å². The Morgan fingerprint density at radius 3 is 2.79 bits per heavy atom. The van der Waals surface area contributed by atoms with Crippen molar-refractivity contribution in [2.45, 2.75) is 19.4 Å². The van der Waals surface area contributed by atoms with Gasteiger partial charge >= 0.3 is 5.97 Å². The van der Waals surface area contributed by atoms with Crippen molar-refractivity contribution in [2.24, 2.45) is 0 Å². The first-order valence-corrected chi connectivity index (χ1v) is 7.01. The molecule has 0 aliphatic heterocycles. The van der Waals surface area contributed by atoms with E-state index in [9.17, 15) is 4.79 Å². The quantitative estimate of drug-likeness (QED) is 0.851. The molecule has 2 aromatic rings. The van der Waals surface area contributed by atoms with Gasteiger partial charge in [0.2, 0.25) is 0 Å². The van der Waals surface area contributed by atoms with Crippen LogP contribution in [0.5, 0.6) is 0 Å². The van der Waals surface area contributed by atoms with Crippen LogP contribution in [0.3, 0.4) is 0 Å². The monoisotopic (exact) mass is 276 g/mol. The van der Waals surface area contributed by atoms with E-state index in [1.165, 1.54) is 16.9 Å². The summed E-state index contributed by atoms with van der Waals surface area (Å²) in [7, 11) is 0. The number of hydrogen-bond donors (Lipinski definition) is 2. The van der Waals surface area contributed by atoms with E-state index in [0.29, 0.717) is 0 Å². The molecule has 19 heavy (non-hydrogen) atoms. The van der Waals surface area contributed by atoms with Crippen molar-refractivity contribution in [3.63, 3.8) is 0 Å². The van der Waals surface area contributed by atoms with Crippen molar-refractivity contribution in [1.29, 1.82) is 0 Å². The molecule has 0 bridgehead atoms. The molecule has 0 spiro atoms. The maximum atomic E-state index is 10.7. The van der Waals surface area contributed by atoms with Crippen LogP contribution in [0.1, 0.15) is 34.0 Å². The number of hydrogen-bond acceptors (Lipinski definition) is 4. The van der Waals surface area contributed by atoms with Gasteiger partial charge in [0.25, 0.3) is 0 Å². The van der Waals surface area contributed by atoms with Gasteiger partial charge in [-0.3, -0.25) is 0 Å². The summed E-state index contributed by atoms with van der Waals surface area (Å²) < 4.78 is 0. The maximum absolute atomic E-state index is 10.7. The highest BCUT2D eigenvalue weighted by molar-refractivity contribution is 7.09. The molecule has 2 N–H and O–H groups in total. The third kappa shape index (κ3) is 3.87. The van der Waals surface area contributed by atoms with Crippen LogP contribution in [0, 0.1) is 0 Å². The van der Waals surface area contributed by atoms with Gasteiger partial charge in [-0.25, -0.2) is 9.78 Å². The lowest BCUT2D eigenvalue weighted by Crippen LogP contribution is -2.21. The highest BCUT2D eigenvalue weighted by atomic mass is 32.1. The van der Waals surface area contributed by atoms with Gasteiger partial charge in [0.1, 0.15) is 0 Å². The van der Waals surface area contributed by atoms with Crippen LogP contribution in [-0.2, 0) is 6.42 Å². The molecule has 5 heteroatoms. The van der Waals surface area contributed by atoms with Gasteiger partial charge in [0.15, 0.2) is 5.69 Å². The van der Waals surface area contributed by atoms with Crippen molar-refractivity contribution in [3.8, 4) is 0 Å². The Bertz CT molecular complexity index is 539. The van der Waals surface area contributed by atoms with Crippen molar-refractivity contribution in [2.75, 3.05) is 6.54 Å². The van der Waals surface area contributed by atoms with Crippen LogP contribution in [-0.4, -0.2) is 22.6 Å². The molecule has 0 fully saturated rings. The fourth-order valence-corrected chi connectivity index (χ4v) is 2.55. The Labute approximate surface area is 116 Å². The van der Waals surface area contributed by atoms with Gasteiger partial charge in [-0.15, -0.1) is 11.3 Å². The molecule has 1 heterocycles. The Balaban J connectivity index is 1.81. The third-order valence-electron chi connectivity index (χ3n) is 2.86. The van der Waals surface area contributed by atoms with Crippen molar-refractivity contribution in [3.05, 3.63) is 52.0 Å². The summed E-state index contributed by atoms with van der Waals surface area (Å²) in [4.78, 5) is 14.8. The largest absolute Gasteiger partial charge is 0.476 e. The van der Waals surface area contributed by atoms with Gasteiger partial charge in [-0.1, -0.05) is 30.3 Å². The maximum Gasteiger partial charge on any atom is 0.355 e.